The van der Waals surface area contributed by atoms with E-state index >= 15 is 0 Å². The first-order chi connectivity index (χ1) is 8.04. The van der Waals surface area contributed by atoms with E-state index in [1.54, 1.807) is 11.3 Å². The molecule has 2 atom stereocenters. The van der Waals surface area contributed by atoms with Gasteiger partial charge in [-0.05, 0) is 38.0 Å². The molecule has 0 spiro atoms. The molecule has 2 unspecified atom stereocenters. The van der Waals surface area contributed by atoms with Crippen molar-refractivity contribution in [2.24, 2.45) is 17.8 Å². The number of carbonyl (C=O) groups is 1. The van der Waals surface area contributed by atoms with E-state index in [2.05, 4.69) is 18.8 Å². The standard InChI is InChI=1S/C14H21NOS/c1-9-4-10(2)6-12(5-9)13(16)7-14-15-11(3)8-17-14/h8-10,12H,4-7H2,1-3H3. The third kappa shape index (κ3) is 3.38. The Bertz CT molecular complexity index is 389. The fourth-order valence-electron chi connectivity index (χ4n) is 2.99. The Morgan fingerprint density at radius 2 is 2.00 bits per heavy atom. The molecule has 0 bridgehead atoms. The van der Waals surface area contributed by atoms with Crippen LogP contribution in [0.4, 0.5) is 0 Å². The Kier molecular flexibility index (Phi) is 3.97. The molecule has 1 fully saturated rings. The highest BCUT2D eigenvalue weighted by Crippen LogP contribution is 2.34. The lowest BCUT2D eigenvalue weighted by molar-refractivity contribution is -0.124. The fourth-order valence-corrected chi connectivity index (χ4v) is 3.77. The minimum atomic E-state index is 0.276. The van der Waals surface area contributed by atoms with Crippen LogP contribution in [0.2, 0.25) is 0 Å². The van der Waals surface area contributed by atoms with E-state index in [1.165, 1.54) is 6.42 Å². The van der Waals surface area contributed by atoms with Crippen LogP contribution >= 0.6 is 11.3 Å². The molecule has 0 radical (unpaired) electrons. The fraction of sp³-hybridized carbons (Fsp3) is 0.714. The molecule has 17 heavy (non-hydrogen) atoms. The lowest BCUT2D eigenvalue weighted by Crippen LogP contribution is -2.27. The van der Waals surface area contributed by atoms with Gasteiger partial charge < -0.3 is 0 Å². The molecule has 3 heteroatoms. The molecule has 0 amide bonds. The van der Waals surface area contributed by atoms with Gasteiger partial charge in [0.1, 0.15) is 10.8 Å². The number of thiazole rings is 1. The highest BCUT2D eigenvalue weighted by Gasteiger charge is 2.29. The predicted molar refractivity (Wildman–Crippen MR) is 71.2 cm³/mol. The topological polar surface area (TPSA) is 30.0 Å². The van der Waals surface area contributed by atoms with Gasteiger partial charge in [-0.2, -0.15) is 0 Å². The van der Waals surface area contributed by atoms with E-state index in [0.717, 1.165) is 23.5 Å². The van der Waals surface area contributed by atoms with Crippen LogP contribution in [0.25, 0.3) is 0 Å². The monoisotopic (exact) mass is 251 g/mol. The molecule has 0 N–H and O–H groups in total. The van der Waals surface area contributed by atoms with Gasteiger partial charge >= 0.3 is 0 Å². The maximum absolute atomic E-state index is 12.2. The Labute approximate surface area is 107 Å². The van der Waals surface area contributed by atoms with Crippen molar-refractivity contribution < 1.29 is 4.79 Å². The molecule has 1 saturated carbocycles. The summed E-state index contributed by atoms with van der Waals surface area (Å²) >= 11 is 1.61. The van der Waals surface area contributed by atoms with Crippen LogP contribution in [0.15, 0.2) is 5.38 Å². The van der Waals surface area contributed by atoms with Crippen molar-refractivity contribution in [1.82, 2.24) is 4.98 Å². The SMILES string of the molecule is Cc1csc(CC(=O)C2CC(C)CC(C)C2)n1. The van der Waals surface area contributed by atoms with Gasteiger partial charge in [0.15, 0.2) is 0 Å². The number of rotatable bonds is 3. The lowest BCUT2D eigenvalue weighted by atomic mass is 9.74. The number of ketones is 1. The Morgan fingerprint density at radius 3 is 2.53 bits per heavy atom. The van der Waals surface area contributed by atoms with Crippen LogP contribution in [0, 0.1) is 24.7 Å². The van der Waals surface area contributed by atoms with Crippen molar-refractivity contribution >= 4 is 17.1 Å². The summed E-state index contributed by atoms with van der Waals surface area (Å²) in [5, 5.41) is 3.01. The first kappa shape index (κ1) is 12.7. The number of carbonyl (C=O) groups excluding carboxylic acids is 1. The molecule has 94 valence electrons. The summed E-state index contributed by atoms with van der Waals surface area (Å²) in [5.74, 6) is 2.08. The first-order valence-electron chi connectivity index (χ1n) is 6.48. The third-order valence-corrected chi connectivity index (χ3v) is 4.59. The zero-order valence-corrected chi connectivity index (χ0v) is 11.7. The van der Waals surface area contributed by atoms with Crippen molar-refractivity contribution in [2.75, 3.05) is 0 Å². The van der Waals surface area contributed by atoms with Crippen molar-refractivity contribution in [3.05, 3.63) is 16.1 Å². The number of Topliss-reactive ketones (excluding diaryl/α,β-unsaturated/α-hetero) is 1. The zero-order chi connectivity index (χ0) is 12.4. The summed E-state index contributed by atoms with van der Waals surface area (Å²) < 4.78 is 0. The van der Waals surface area contributed by atoms with Crippen molar-refractivity contribution in [2.45, 2.75) is 46.5 Å². The van der Waals surface area contributed by atoms with Gasteiger partial charge in [-0.3, -0.25) is 4.79 Å². The lowest BCUT2D eigenvalue weighted by Gasteiger charge is -2.30. The summed E-state index contributed by atoms with van der Waals surface area (Å²) in [6.07, 6.45) is 3.98. The molecule has 1 aromatic heterocycles. The Hall–Kier alpha value is -0.700. The average Bonchev–Trinajstić information content (AvgIpc) is 2.62. The van der Waals surface area contributed by atoms with Crippen LogP contribution in [-0.2, 0) is 11.2 Å². The van der Waals surface area contributed by atoms with Crippen molar-refractivity contribution in [3.63, 3.8) is 0 Å². The molecule has 2 rings (SSSR count). The maximum atomic E-state index is 12.2. The van der Waals surface area contributed by atoms with Crippen molar-refractivity contribution in [3.8, 4) is 0 Å². The minimum Gasteiger partial charge on any atom is -0.299 e. The summed E-state index contributed by atoms with van der Waals surface area (Å²) in [7, 11) is 0. The predicted octanol–water partition coefficient (Wildman–Crippen LogP) is 3.64. The molecule has 0 aliphatic heterocycles. The molecule has 0 saturated heterocycles. The number of nitrogens with zero attached hydrogens (tertiary/aromatic N) is 1. The van der Waals surface area contributed by atoms with Crippen LogP contribution < -0.4 is 0 Å². The van der Waals surface area contributed by atoms with Gasteiger partial charge in [-0.15, -0.1) is 11.3 Å². The smallest absolute Gasteiger partial charge is 0.142 e. The van der Waals surface area contributed by atoms with Crippen LogP contribution in [-0.4, -0.2) is 10.8 Å². The number of hydrogen-bond acceptors (Lipinski definition) is 3. The van der Waals surface area contributed by atoms with Gasteiger partial charge in [-0.1, -0.05) is 13.8 Å². The van der Waals surface area contributed by atoms with E-state index in [0.29, 0.717) is 24.0 Å². The largest absolute Gasteiger partial charge is 0.299 e. The molecular weight excluding hydrogens is 230 g/mol. The molecular formula is C14H21NOS. The summed E-state index contributed by atoms with van der Waals surface area (Å²) in [4.78, 5) is 16.6. The van der Waals surface area contributed by atoms with E-state index in [4.69, 9.17) is 0 Å². The normalized spacial score (nSPS) is 29.2. The number of hydrogen-bond donors (Lipinski definition) is 0. The summed E-state index contributed by atoms with van der Waals surface area (Å²) in [5.41, 5.74) is 1.03. The minimum absolute atomic E-state index is 0.276. The molecule has 2 nitrogen and oxygen atoms in total. The quantitative estimate of drug-likeness (QED) is 0.821. The Morgan fingerprint density at radius 1 is 1.35 bits per heavy atom. The highest BCUT2D eigenvalue weighted by molar-refractivity contribution is 7.09. The molecule has 1 heterocycles. The molecule has 1 aliphatic carbocycles. The number of aromatic nitrogens is 1. The molecule has 1 aliphatic rings. The van der Waals surface area contributed by atoms with Crippen LogP contribution in [0.3, 0.4) is 0 Å². The summed E-state index contributed by atoms with van der Waals surface area (Å²) in [6, 6.07) is 0. The van der Waals surface area contributed by atoms with Gasteiger partial charge in [0.05, 0.1) is 6.42 Å². The first-order valence-corrected chi connectivity index (χ1v) is 7.36. The second kappa shape index (κ2) is 5.30. The van der Waals surface area contributed by atoms with Crippen LogP contribution in [0.5, 0.6) is 0 Å². The van der Waals surface area contributed by atoms with Gasteiger partial charge in [-0.25, -0.2) is 4.98 Å². The van der Waals surface area contributed by atoms with E-state index in [-0.39, 0.29) is 5.92 Å². The summed E-state index contributed by atoms with van der Waals surface area (Å²) in [6.45, 7) is 6.52. The van der Waals surface area contributed by atoms with Gasteiger partial charge in [0, 0.05) is 17.0 Å². The van der Waals surface area contributed by atoms with E-state index in [1.807, 2.05) is 12.3 Å². The molecule has 0 aromatic carbocycles. The van der Waals surface area contributed by atoms with Gasteiger partial charge in [0.2, 0.25) is 0 Å². The van der Waals surface area contributed by atoms with E-state index in [9.17, 15) is 4.79 Å². The zero-order valence-electron chi connectivity index (χ0n) is 10.9. The highest BCUT2D eigenvalue weighted by atomic mass is 32.1. The second-order valence-corrected chi connectivity index (χ2v) is 6.58. The average molecular weight is 251 g/mol. The number of aryl methyl sites for hydroxylation is 1. The molecule has 1 aromatic rings. The maximum Gasteiger partial charge on any atom is 0.142 e. The third-order valence-electron chi connectivity index (χ3n) is 3.63. The Balaban J connectivity index is 1.95. The van der Waals surface area contributed by atoms with Crippen molar-refractivity contribution in [1.29, 1.82) is 0 Å². The second-order valence-electron chi connectivity index (χ2n) is 5.64. The van der Waals surface area contributed by atoms with Crippen LogP contribution in [0.1, 0.15) is 43.8 Å². The van der Waals surface area contributed by atoms with Gasteiger partial charge in [0.25, 0.3) is 0 Å². The van der Waals surface area contributed by atoms with E-state index < -0.39 is 0 Å².